The molecule has 3 aromatic rings. The minimum Gasteiger partial charge on any atom is -0.494 e. The van der Waals surface area contributed by atoms with Gasteiger partial charge in [0.2, 0.25) is 0 Å². The second kappa shape index (κ2) is 15.3. The maximum absolute atomic E-state index is 5.92. The van der Waals surface area contributed by atoms with Crippen molar-refractivity contribution in [2.75, 3.05) is 6.61 Å². The monoisotopic (exact) mass is 457 g/mol. The van der Waals surface area contributed by atoms with E-state index < -0.39 is 0 Å². The van der Waals surface area contributed by atoms with Gasteiger partial charge in [0.05, 0.1) is 12.3 Å². The molecule has 1 heterocycles. The number of pyridine rings is 1. The van der Waals surface area contributed by atoms with Crippen LogP contribution in [0.4, 0.5) is 0 Å². The van der Waals surface area contributed by atoms with E-state index >= 15 is 0 Å². The van der Waals surface area contributed by atoms with E-state index in [9.17, 15) is 0 Å². The number of aromatic nitrogens is 1. The zero-order chi connectivity index (χ0) is 23.8. The number of rotatable bonds is 16. The second-order valence-corrected chi connectivity index (χ2v) is 9.43. The van der Waals surface area contributed by atoms with Crippen LogP contribution >= 0.6 is 0 Å². The molecule has 0 aliphatic heterocycles. The maximum Gasteiger partial charge on any atom is 0.119 e. The van der Waals surface area contributed by atoms with E-state index in [1.165, 1.54) is 80.9 Å². The minimum absolute atomic E-state index is 0.810. The molecule has 3 rings (SSSR count). The van der Waals surface area contributed by atoms with Crippen molar-refractivity contribution in [3.05, 3.63) is 72.4 Å². The molecule has 182 valence electrons. The minimum atomic E-state index is 0.810. The first kappa shape index (κ1) is 26.0. The summed E-state index contributed by atoms with van der Waals surface area (Å²) in [6.45, 7) is 5.33. The summed E-state index contributed by atoms with van der Waals surface area (Å²) in [6.07, 6.45) is 17.5. The van der Waals surface area contributed by atoms with Gasteiger partial charge in [-0.3, -0.25) is 4.98 Å². The standard InChI is InChI=1S/C32H43NO/c1-3-5-7-9-11-13-25-34-31-22-20-29(21-23-31)28-16-18-30(19-17-28)32-24-15-27(26-33-32)14-12-10-8-6-4-2/h15-24,26H,3-14,25H2,1-2H3. The summed E-state index contributed by atoms with van der Waals surface area (Å²) in [5.74, 6) is 0.962. The van der Waals surface area contributed by atoms with Crippen LogP contribution in [0.1, 0.15) is 90.0 Å². The van der Waals surface area contributed by atoms with Crippen LogP contribution in [-0.2, 0) is 6.42 Å². The van der Waals surface area contributed by atoms with Gasteiger partial charge in [-0.15, -0.1) is 0 Å². The summed E-state index contributed by atoms with van der Waals surface area (Å²) < 4.78 is 5.92. The molecule has 2 nitrogen and oxygen atoms in total. The third-order valence-electron chi connectivity index (χ3n) is 6.53. The van der Waals surface area contributed by atoms with Gasteiger partial charge in [-0.25, -0.2) is 0 Å². The Morgan fingerprint density at radius 2 is 1.12 bits per heavy atom. The lowest BCUT2D eigenvalue weighted by molar-refractivity contribution is 0.304. The van der Waals surface area contributed by atoms with Crippen LogP contribution in [0.25, 0.3) is 22.4 Å². The van der Waals surface area contributed by atoms with Gasteiger partial charge in [0.1, 0.15) is 5.75 Å². The molecule has 0 saturated heterocycles. The van der Waals surface area contributed by atoms with E-state index in [4.69, 9.17) is 9.72 Å². The average molecular weight is 458 g/mol. The van der Waals surface area contributed by atoms with Crippen LogP contribution in [0.3, 0.4) is 0 Å². The predicted octanol–water partition coefficient (Wildman–Crippen LogP) is 9.67. The van der Waals surface area contributed by atoms with Crippen molar-refractivity contribution in [2.24, 2.45) is 0 Å². The molecule has 0 fully saturated rings. The van der Waals surface area contributed by atoms with Crippen molar-refractivity contribution in [1.29, 1.82) is 0 Å². The summed E-state index contributed by atoms with van der Waals surface area (Å²) >= 11 is 0. The van der Waals surface area contributed by atoms with Crippen LogP contribution in [-0.4, -0.2) is 11.6 Å². The van der Waals surface area contributed by atoms with Gasteiger partial charge in [-0.05, 0) is 54.2 Å². The van der Waals surface area contributed by atoms with Crippen LogP contribution in [0.5, 0.6) is 5.75 Å². The van der Waals surface area contributed by atoms with Gasteiger partial charge < -0.3 is 4.74 Å². The second-order valence-electron chi connectivity index (χ2n) is 9.43. The largest absolute Gasteiger partial charge is 0.494 e. The Bertz CT molecular complexity index is 913. The highest BCUT2D eigenvalue weighted by Crippen LogP contribution is 2.26. The number of hydrogen-bond donors (Lipinski definition) is 0. The molecule has 0 atom stereocenters. The Morgan fingerprint density at radius 1 is 0.559 bits per heavy atom. The number of aryl methyl sites for hydroxylation is 1. The first-order valence-electron chi connectivity index (χ1n) is 13.6. The first-order chi connectivity index (χ1) is 16.8. The van der Waals surface area contributed by atoms with Gasteiger partial charge in [-0.1, -0.05) is 114 Å². The molecule has 0 aliphatic rings. The highest BCUT2D eigenvalue weighted by Gasteiger charge is 2.03. The number of unbranched alkanes of at least 4 members (excludes halogenated alkanes) is 9. The molecule has 34 heavy (non-hydrogen) atoms. The summed E-state index contributed by atoms with van der Waals surface area (Å²) in [6, 6.07) is 21.6. The predicted molar refractivity (Wildman–Crippen MR) is 146 cm³/mol. The molecule has 0 amide bonds. The summed E-state index contributed by atoms with van der Waals surface area (Å²) in [5, 5.41) is 0. The summed E-state index contributed by atoms with van der Waals surface area (Å²) in [7, 11) is 0. The molecule has 0 unspecified atom stereocenters. The van der Waals surface area contributed by atoms with E-state index in [1.807, 2.05) is 6.20 Å². The maximum atomic E-state index is 5.92. The lowest BCUT2D eigenvalue weighted by Gasteiger charge is -2.08. The van der Waals surface area contributed by atoms with Crippen LogP contribution in [0, 0.1) is 0 Å². The molecule has 2 heteroatoms. The number of benzene rings is 2. The van der Waals surface area contributed by atoms with E-state index in [1.54, 1.807) is 0 Å². The fraction of sp³-hybridized carbons (Fsp3) is 0.469. The number of hydrogen-bond acceptors (Lipinski definition) is 2. The lowest BCUT2D eigenvalue weighted by atomic mass is 10.0. The van der Waals surface area contributed by atoms with Crippen molar-refractivity contribution in [2.45, 2.75) is 90.9 Å². The van der Waals surface area contributed by atoms with Gasteiger partial charge in [0.25, 0.3) is 0 Å². The van der Waals surface area contributed by atoms with Crippen molar-refractivity contribution < 1.29 is 4.74 Å². The van der Waals surface area contributed by atoms with Crippen LogP contribution in [0.15, 0.2) is 66.9 Å². The van der Waals surface area contributed by atoms with Crippen molar-refractivity contribution in [3.63, 3.8) is 0 Å². The molecule has 0 radical (unpaired) electrons. The molecule has 0 N–H and O–H groups in total. The Morgan fingerprint density at radius 3 is 1.74 bits per heavy atom. The molecule has 0 aliphatic carbocycles. The highest BCUT2D eigenvalue weighted by molar-refractivity contribution is 5.69. The van der Waals surface area contributed by atoms with Crippen molar-refractivity contribution >= 4 is 0 Å². The van der Waals surface area contributed by atoms with Crippen molar-refractivity contribution in [1.82, 2.24) is 4.98 Å². The molecular formula is C32H43NO. The summed E-state index contributed by atoms with van der Waals surface area (Å²) in [4.78, 5) is 4.72. The van der Waals surface area contributed by atoms with E-state index in [-0.39, 0.29) is 0 Å². The van der Waals surface area contributed by atoms with Crippen molar-refractivity contribution in [3.8, 4) is 28.1 Å². The smallest absolute Gasteiger partial charge is 0.119 e. The molecule has 0 saturated carbocycles. The quantitative estimate of drug-likeness (QED) is 0.200. The summed E-state index contributed by atoms with van der Waals surface area (Å²) in [5.41, 5.74) is 5.98. The fourth-order valence-electron chi connectivity index (χ4n) is 4.33. The fourth-order valence-corrected chi connectivity index (χ4v) is 4.33. The molecule has 0 spiro atoms. The van der Waals surface area contributed by atoms with Gasteiger partial charge >= 0.3 is 0 Å². The van der Waals surface area contributed by atoms with Gasteiger partial charge in [-0.2, -0.15) is 0 Å². The normalized spacial score (nSPS) is 11.0. The van der Waals surface area contributed by atoms with E-state index in [2.05, 4.69) is 74.5 Å². The SMILES string of the molecule is CCCCCCCCOc1ccc(-c2ccc(-c3ccc(CCCCCCC)cn3)cc2)cc1. The lowest BCUT2D eigenvalue weighted by Crippen LogP contribution is -1.97. The molecule has 2 aromatic carbocycles. The molecular weight excluding hydrogens is 414 g/mol. The Balaban J connectivity index is 1.45. The topological polar surface area (TPSA) is 22.1 Å². The molecule has 0 bridgehead atoms. The Kier molecular flexibility index (Phi) is 11.7. The van der Waals surface area contributed by atoms with Gasteiger partial charge in [0, 0.05) is 11.8 Å². The van der Waals surface area contributed by atoms with E-state index in [0.29, 0.717) is 0 Å². The Hall–Kier alpha value is -2.61. The van der Waals surface area contributed by atoms with E-state index in [0.717, 1.165) is 36.5 Å². The molecule has 1 aromatic heterocycles. The zero-order valence-corrected chi connectivity index (χ0v) is 21.4. The number of ether oxygens (including phenoxy) is 1. The third kappa shape index (κ3) is 8.97. The zero-order valence-electron chi connectivity index (χ0n) is 21.4. The van der Waals surface area contributed by atoms with Crippen LogP contribution in [0.2, 0.25) is 0 Å². The Labute approximate surface area is 207 Å². The average Bonchev–Trinajstić information content (AvgIpc) is 2.89. The first-order valence-corrected chi connectivity index (χ1v) is 13.6. The highest BCUT2D eigenvalue weighted by atomic mass is 16.5. The number of nitrogens with zero attached hydrogens (tertiary/aromatic N) is 1. The van der Waals surface area contributed by atoms with Gasteiger partial charge in [0.15, 0.2) is 0 Å². The van der Waals surface area contributed by atoms with Crippen LogP contribution < -0.4 is 4.74 Å². The third-order valence-corrected chi connectivity index (χ3v) is 6.53.